The molecule has 0 aliphatic heterocycles. The number of halogens is 1. The molecule has 2 aromatic carbocycles. The molecule has 0 radical (unpaired) electrons. The molecule has 30 heavy (non-hydrogen) atoms. The first kappa shape index (κ1) is 21.8. The van der Waals surface area contributed by atoms with Crippen LogP contribution in [0.5, 0.6) is 0 Å². The first-order valence-electron chi connectivity index (χ1n) is 10.0. The Morgan fingerprint density at radius 1 is 1.20 bits per heavy atom. The van der Waals surface area contributed by atoms with Gasteiger partial charge in [0.25, 0.3) is 10.1 Å². The van der Waals surface area contributed by atoms with E-state index in [4.69, 9.17) is 15.8 Å². The van der Waals surface area contributed by atoms with E-state index in [1.54, 1.807) is 11.8 Å². The molecular weight excluding hydrogens is 438 g/mol. The number of aromatic nitrogens is 1. The van der Waals surface area contributed by atoms with Crippen molar-refractivity contribution in [1.82, 2.24) is 4.98 Å². The lowest BCUT2D eigenvalue weighted by molar-refractivity contribution is 0.267. The summed E-state index contributed by atoms with van der Waals surface area (Å²) in [5.74, 6) is 1.37. The Morgan fingerprint density at radius 3 is 2.57 bits per heavy atom. The SMILES string of the molecule is CSCc1cccc2c(C(CCOS(C)(=O)=O)(c3ccc(Cl)cc3)C3CC3)c[nH]c12. The maximum absolute atomic E-state index is 11.7. The lowest BCUT2D eigenvalue weighted by atomic mass is 9.68. The van der Waals surface area contributed by atoms with Gasteiger partial charge < -0.3 is 4.98 Å². The Hall–Kier alpha value is -1.47. The highest BCUT2D eigenvalue weighted by Gasteiger charge is 2.48. The summed E-state index contributed by atoms with van der Waals surface area (Å²) in [6.45, 7) is 0.148. The van der Waals surface area contributed by atoms with Gasteiger partial charge in [0.15, 0.2) is 0 Å². The fourth-order valence-electron chi connectivity index (χ4n) is 4.63. The molecule has 1 heterocycles. The molecule has 1 aliphatic rings. The van der Waals surface area contributed by atoms with E-state index in [2.05, 4.69) is 47.8 Å². The van der Waals surface area contributed by atoms with Gasteiger partial charge in [0, 0.05) is 33.3 Å². The number of para-hydroxylation sites is 1. The molecule has 1 atom stereocenters. The molecule has 7 heteroatoms. The molecule has 1 aromatic heterocycles. The highest BCUT2D eigenvalue weighted by atomic mass is 35.5. The Kier molecular flexibility index (Phi) is 6.22. The van der Waals surface area contributed by atoms with Crippen LogP contribution in [0.1, 0.15) is 36.0 Å². The first-order valence-corrected chi connectivity index (χ1v) is 13.6. The number of H-pyrrole nitrogens is 1. The predicted octanol–water partition coefficient (Wildman–Crippen LogP) is 5.75. The van der Waals surface area contributed by atoms with Gasteiger partial charge in [0.2, 0.25) is 0 Å². The number of aromatic amines is 1. The van der Waals surface area contributed by atoms with Gasteiger partial charge in [-0.1, -0.05) is 41.9 Å². The van der Waals surface area contributed by atoms with Gasteiger partial charge in [0.05, 0.1) is 12.9 Å². The summed E-state index contributed by atoms with van der Waals surface area (Å²) in [6.07, 6.45) is 8.13. The molecule has 1 fully saturated rings. The van der Waals surface area contributed by atoms with Crippen LogP contribution in [0.25, 0.3) is 10.9 Å². The summed E-state index contributed by atoms with van der Waals surface area (Å²) in [4.78, 5) is 3.52. The standard InChI is InChI=1S/C23H26ClNO3S2/c1-29-15-16-4-3-5-20-21(14-25-22(16)20)23(17-6-7-17,12-13-28-30(2,26)27)18-8-10-19(24)11-9-18/h3-5,8-11,14,17,25H,6-7,12-13,15H2,1-2H3. The third-order valence-electron chi connectivity index (χ3n) is 6.01. The van der Waals surface area contributed by atoms with Crippen LogP contribution in [0.4, 0.5) is 0 Å². The summed E-state index contributed by atoms with van der Waals surface area (Å²) >= 11 is 7.98. The van der Waals surface area contributed by atoms with Gasteiger partial charge in [0.1, 0.15) is 0 Å². The van der Waals surface area contributed by atoms with Gasteiger partial charge in [-0.05, 0) is 60.3 Å². The molecule has 1 N–H and O–H groups in total. The molecule has 1 saturated carbocycles. The number of thioether (sulfide) groups is 1. The molecule has 1 unspecified atom stereocenters. The van der Waals surface area contributed by atoms with Crippen LogP contribution in [0.2, 0.25) is 5.02 Å². The van der Waals surface area contributed by atoms with Gasteiger partial charge >= 0.3 is 0 Å². The van der Waals surface area contributed by atoms with Crippen LogP contribution in [0, 0.1) is 5.92 Å². The van der Waals surface area contributed by atoms with Crippen molar-refractivity contribution < 1.29 is 12.6 Å². The Balaban J connectivity index is 1.87. The van der Waals surface area contributed by atoms with Crippen molar-refractivity contribution in [2.75, 3.05) is 19.1 Å². The lowest BCUT2D eigenvalue weighted by Gasteiger charge is -2.35. The monoisotopic (exact) mass is 463 g/mol. The summed E-state index contributed by atoms with van der Waals surface area (Å²) in [6, 6.07) is 14.4. The maximum Gasteiger partial charge on any atom is 0.264 e. The van der Waals surface area contributed by atoms with E-state index in [0.717, 1.165) is 35.9 Å². The highest BCUT2D eigenvalue weighted by Crippen LogP contribution is 2.55. The van der Waals surface area contributed by atoms with Crippen molar-refractivity contribution in [3.05, 3.63) is 70.4 Å². The summed E-state index contributed by atoms with van der Waals surface area (Å²) in [5.41, 5.74) is 4.47. The van der Waals surface area contributed by atoms with Gasteiger partial charge in [-0.2, -0.15) is 20.2 Å². The number of hydrogen-bond donors (Lipinski definition) is 1. The van der Waals surface area contributed by atoms with Crippen molar-refractivity contribution in [2.24, 2.45) is 5.92 Å². The number of nitrogens with one attached hydrogen (secondary N) is 1. The predicted molar refractivity (Wildman–Crippen MR) is 126 cm³/mol. The fraction of sp³-hybridized carbons (Fsp3) is 0.391. The molecule has 160 valence electrons. The Morgan fingerprint density at radius 2 is 1.93 bits per heavy atom. The minimum atomic E-state index is -3.50. The van der Waals surface area contributed by atoms with Gasteiger partial charge in [-0.3, -0.25) is 4.18 Å². The van der Waals surface area contributed by atoms with E-state index in [0.29, 0.717) is 17.4 Å². The average Bonchev–Trinajstić information content (AvgIpc) is 3.45. The quantitative estimate of drug-likeness (QED) is 0.410. The van der Waals surface area contributed by atoms with Crippen LogP contribution in [0.3, 0.4) is 0 Å². The van der Waals surface area contributed by atoms with Crippen molar-refractivity contribution in [3.8, 4) is 0 Å². The number of rotatable bonds is 9. The van der Waals surface area contributed by atoms with Gasteiger partial charge in [-0.25, -0.2) is 0 Å². The molecule has 0 spiro atoms. The van der Waals surface area contributed by atoms with Crippen LogP contribution < -0.4 is 0 Å². The highest BCUT2D eigenvalue weighted by molar-refractivity contribution is 7.97. The third kappa shape index (κ3) is 4.28. The van der Waals surface area contributed by atoms with Crippen LogP contribution in [0.15, 0.2) is 48.7 Å². The Labute approximate surface area is 187 Å². The van der Waals surface area contributed by atoms with E-state index in [9.17, 15) is 8.42 Å². The molecule has 4 nitrogen and oxygen atoms in total. The summed E-state index contributed by atoms with van der Waals surface area (Å²) < 4.78 is 28.5. The molecular formula is C23H26ClNO3S2. The molecule has 0 amide bonds. The maximum atomic E-state index is 11.7. The zero-order valence-corrected chi connectivity index (χ0v) is 19.5. The second-order valence-electron chi connectivity index (χ2n) is 8.00. The number of fused-ring (bicyclic) bond motifs is 1. The van der Waals surface area contributed by atoms with Crippen molar-refractivity contribution >= 4 is 44.4 Å². The Bertz CT molecular complexity index is 1140. The van der Waals surface area contributed by atoms with E-state index >= 15 is 0 Å². The number of benzene rings is 2. The smallest absolute Gasteiger partial charge is 0.264 e. The summed E-state index contributed by atoms with van der Waals surface area (Å²) in [7, 11) is -3.50. The molecule has 0 bridgehead atoms. The second kappa shape index (κ2) is 8.58. The minimum absolute atomic E-state index is 0.148. The molecule has 1 aliphatic carbocycles. The van der Waals surface area contributed by atoms with E-state index in [1.807, 2.05) is 12.1 Å². The normalized spacial score (nSPS) is 16.6. The fourth-order valence-corrected chi connectivity index (χ4v) is 5.70. The van der Waals surface area contributed by atoms with Crippen molar-refractivity contribution in [3.63, 3.8) is 0 Å². The van der Waals surface area contributed by atoms with E-state index in [-0.39, 0.29) is 12.0 Å². The molecule has 0 saturated heterocycles. The topological polar surface area (TPSA) is 59.2 Å². The minimum Gasteiger partial charge on any atom is -0.361 e. The van der Waals surface area contributed by atoms with E-state index in [1.165, 1.54) is 16.5 Å². The second-order valence-corrected chi connectivity index (χ2v) is 11.0. The zero-order chi connectivity index (χ0) is 21.4. The lowest BCUT2D eigenvalue weighted by Crippen LogP contribution is -2.32. The third-order valence-corrected chi connectivity index (χ3v) is 7.46. The van der Waals surface area contributed by atoms with Crippen molar-refractivity contribution in [2.45, 2.75) is 30.4 Å². The molecule has 4 rings (SSSR count). The zero-order valence-electron chi connectivity index (χ0n) is 17.2. The number of hydrogen-bond acceptors (Lipinski definition) is 4. The van der Waals surface area contributed by atoms with E-state index < -0.39 is 10.1 Å². The van der Waals surface area contributed by atoms with Crippen LogP contribution >= 0.6 is 23.4 Å². The van der Waals surface area contributed by atoms with Gasteiger partial charge in [-0.15, -0.1) is 0 Å². The first-order chi connectivity index (χ1) is 14.3. The largest absolute Gasteiger partial charge is 0.361 e. The summed E-state index contributed by atoms with van der Waals surface area (Å²) in [5, 5.41) is 1.89. The average molecular weight is 464 g/mol. The van der Waals surface area contributed by atoms with Crippen LogP contribution in [-0.4, -0.2) is 32.5 Å². The van der Waals surface area contributed by atoms with Crippen molar-refractivity contribution in [1.29, 1.82) is 0 Å². The molecule has 3 aromatic rings. The van der Waals surface area contributed by atoms with Crippen LogP contribution in [-0.2, 0) is 25.5 Å².